The molecule has 0 fully saturated rings. The molecule has 11 heteroatoms. The highest BCUT2D eigenvalue weighted by molar-refractivity contribution is 6.03. The lowest BCUT2D eigenvalue weighted by molar-refractivity contribution is -0.118. The predicted molar refractivity (Wildman–Crippen MR) is 88.0 cm³/mol. The van der Waals surface area contributed by atoms with E-state index in [0.717, 1.165) is 15.4 Å². The topological polar surface area (TPSA) is 173 Å². The summed E-state index contributed by atoms with van der Waals surface area (Å²) in [7, 11) is 0. The molecule has 1 unspecified atom stereocenters. The number of fused-ring (bicyclic) bond motifs is 4. The molecule has 0 aliphatic carbocycles. The molecule has 0 aliphatic rings. The van der Waals surface area contributed by atoms with Crippen molar-refractivity contribution in [2.45, 2.75) is 24.4 Å². The highest BCUT2D eigenvalue weighted by Gasteiger charge is 2.34. The van der Waals surface area contributed by atoms with Gasteiger partial charge in [-0.3, -0.25) is 0 Å². The molecule has 0 aliphatic heterocycles. The first-order valence-corrected chi connectivity index (χ1v) is 7.84. The molecule has 6 N–H and O–H groups in total. The summed E-state index contributed by atoms with van der Waals surface area (Å²) in [6.45, 7) is -0.776. The van der Waals surface area contributed by atoms with E-state index in [9.17, 15) is 20.4 Å². The van der Waals surface area contributed by atoms with Crippen LogP contribution in [-0.2, 0) is 0 Å². The molecule has 0 amide bonds. The average Bonchev–Trinajstić information content (AvgIpc) is 3.24. The number of aliphatic hydroxyl groups is 5. The second-order valence-corrected chi connectivity index (χ2v) is 5.93. The highest BCUT2D eigenvalue weighted by Crippen LogP contribution is 2.24. The van der Waals surface area contributed by atoms with Crippen molar-refractivity contribution in [3.63, 3.8) is 0 Å². The number of H-pyrrole nitrogens is 1. The zero-order chi connectivity index (χ0) is 18.4. The fourth-order valence-corrected chi connectivity index (χ4v) is 2.80. The Labute approximate surface area is 145 Å². The number of aromatic nitrogens is 6. The van der Waals surface area contributed by atoms with E-state index in [1.807, 2.05) is 24.3 Å². The molecule has 3 aromatic heterocycles. The standard InChI is InChI=1S/C15H16N6O5/c22-5-8(23)10(24)11(25)12(26)14-18-19-15-17-13-9(20-21(14)15)6-3-1-2-4-7(6)16-13/h1-4,8,10-12,22-26H,5H2,(H,16,17,19)/t8?,10-,11-,12-/m1/s1. The minimum atomic E-state index is -1.81. The molecular weight excluding hydrogens is 344 g/mol. The van der Waals surface area contributed by atoms with Crippen molar-refractivity contribution < 1.29 is 25.5 Å². The number of rotatable bonds is 5. The number of nitrogens with one attached hydrogen (secondary N) is 1. The number of nitrogens with zero attached hydrogens (tertiary/aromatic N) is 5. The lowest BCUT2D eigenvalue weighted by Gasteiger charge is -2.24. The van der Waals surface area contributed by atoms with Crippen molar-refractivity contribution in [2.24, 2.45) is 0 Å². The van der Waals surface area contributed by atoms with Gasteiger partial charge in [-0.25, -0.2) is 0 Å². The van der Waals surface area contributed by atoms with Gasteiger partial charge >= 0.3 is 0 Å². The molecule has 0 radical (unpaired) electrons. The van der Waals surface area contributed by atoms with Crippen molar-refractivity contribution in [2.75, 3.05) is 6.61 Å². The van der Waals surface area contributed by atoms with Gasteiger partial charge in [0.2, 0.25) is 0 Å². The summed E-state index contributed by atoms with van der Waals surface area (Å²) >= 11 is 0. The predicted octanol–water partition coefficient (Wildman–Crippen LogP) is -1.74. The molecule has 0 spiro atoms. The van der Waals surface area contributed by atoms with Crippen LogP contribution in [0.25, 0.3) is 27.8 Å². The molecule has 0 bridgehead atoms. The molecular formula is C15H16N6O5. The van der Waals surface area contributed by atoms with E-state index in [4.69, 9.17) is 5.11 Å². The van der Waals surface area contributed by atoms with Gasteiger partial charge < -0.3 is 30.5 Å². The summed E-state index contributed by atoms with van der Waals surface area (Å²) < 4.78 is 1.16. The number of hydrogen-bond acceptors (Lipinski definition) is 9. The van der Waals surface area contributed by atoms with Crippen LogP contribution in [0.3, 0.4) is 0 Å². The molecule has 3 heterocycles. The minimum Gasteiger partial charge on any atom is -0.394 e. The number of para-hydroxylation sites is 1. The minimum absolute atomic E-state index is 0.0857. The van der Waals surface area contributed by atoms with Crippen molar-refractivity contribution in [1.82, 2.24) is 29.8 Å². The van der Waals surface area contributed by atoms with Crippen LogP contribution in [0.2, 0.25) is 0 Å². The summed E-state index contributed by atoms with van der Waals surface area (Å²) in [5, 5.41) is 61.3. The summed E-state index contributed by atoms with van der Waals surface area (Å²) in [4.78, 5) is 7.40. The zero-order valence-corrected chi connectivity index (χ0v) is 13.3. The Balaban J connectivity index is 1.81. The Hall–Kier alpha value is -2.70. The second-order valence-electron chi connectivity index (χ2n) is 5.93. The van der Waals surface area contributed by atoms with Crippen LogP contribution in [0.5, 0.6) is 0 Å². The van der Waals surface area contributed by atoms with Gasteiger partial charge in [-0.15, -0.1) is 10.2 Å². The first kappa shape index (κ1) is 16.8. The summed E-state index contributed by atoms with van der Waals surface area (Å²) in [6.07, 6.45) is -6.93. The van der Waals surface area contributed by atoms with Crippen LogP contribution in [0.15, 0.2) is 24.3 Å². The van der Waals surface area contributed by atoms with E-state index < -0.39 is 31.0 Å². The Morgan fingerprint density at radius 3 is 2.58 bits per heavy atom. The maximum absolute atomic E-state index is 10.3. The third-order valence-corrected chi connectivity index (χ3v) is 4.24. The SMILES string of the molecule is OCC(O)[C@@H](O)[C@@H](O)[C@@H](O)c1nnc2nc3[nH]c4ccccc4c3nn12. The van der Waals surface area contributed by atoms with E-state index in [2.05, 4.69) is 25.3 Å². The highest BCUT2D eigenvalue weighted by atomic mass is 16.4. The monoisotopic (exact) mass is 360 g/mol. The lowest BCUT2D eigenvalue weighted by Crippen LogP contribution is -2.43. The van der Waals surface area contributed by atoms with Crippen LogP contribution in [0.4, 0.5) is 0 Å². The molecule has 136 valence electrons. The number of benzene rings is 1. The number of aliphatic hydroxyl groups excluding tert-OH is 5. The van der Waals surface area contributed by atoms with Gasteiger partial charge in [-0.05, 0) is 6.07 Å². The third kappa shape index (κ3) is 2.50. The van der Waals surface area contributed by atoms with Gasteiger partial charge in [0.15, 0.2) is 11.5 Å². The largest absolute Gasteiger partial charge is 0.394 e. The van der Waals surface area contributed by atoms with Crippen molar-refractivity contribution in [3.8, 4) is 0 Å². The van der Waals surface area contributed by atoms with E-state index >= 15 is 0 Å². The van der Waals surface area contributed by atoms with E-state index in [1.165, 1.54) is 0 Å². The van der Waals surface area contributed by atoms with Crippen LogP contribution in [0, 0.1) is 0 Å². The van der Waals surface area contributed by atoms with Gasteiger partial charge in [0.05, 0.1) is 6.61 Å². The van der Waals surface area contributed by atoms with Crippen molar-refractivity contribution in [3.05, 3.63) is 30.1 Å². The second kappa shape index (κ2) is 6.23. The van der Waals surface area contributed by atoms with Crippen molar-refractivity contribution >= 4 is 27.8 Å². The van der Waals surface area contributed by atoms with E-state index in [-0.39, 0.29) is 11.6 Å². The Morgan fingerprint density at radius 2 is 1.81 bits per heavy atom. The van der Waals surface area contributed by atoms with Crippen LogP contribution in [-0.4, -0.2) is 80.2 Å². The Kier molecular flexibility index (Phi) is 4.01. The number of aromatic amines is 1. The molecule has 4 atom stereocenters. The first-order valence-electron chi connectivity index (χ1n) is 7.84. The van der Waals surface area contributed by atoms with Gasteiger partial charge in [-0.1, -0.05) is 18.2 Å². The normalized spacial score (nSPS) is 17.0. The van der Waals surface area contributed by atoms with Crippen LogP contribution < -0.4 is 0 Å². The van der Waals surface area contributed by atoms with Gasteiger partial charge in [0.1, 0.15) is 29.9 Å². The van der Waals surface area contributed by atoms with Crippen LogP contribution in [0.1, 0.15) is 11.9 Å². The number of hydrogen-bond donors (Lipinski definition) is 6. The summed E-state index contributed by atoms with van der Waals surface area (Å²) in [6, 6.07) is 7.43. The zero-order valence-electron chi connectivity index (χ0n) is 13.3. The van der Waals surface area contributed by atoms with Crippen LogP contribution >= 0.6 is 0 Å². The van der Waals surface area contributed by atoms with Gasteiger partial charge in [-0.2, -0.15) is 14.6 Å². The summed E-state index contributed by atoms with van der Waals surface area (Å²) in [5.41, 5.74) is 1.84. The Morgan fingerprint density at radius 1 is 1.04 bits per heavy atom. The fraction of sp³-hybridized carbons (Fsp3) is 0.333. The van der Waals surface area contributed by atoms with Gasteiger partial charge in [0, 0.05) is 10.9 Å². The summed E-state index contributed by atoms with van der Waals surface area (Å²) in [5.74, 6) is -0.0705. The average molecular weight is 360 g/mol. The molecule has 0 saturated carbocycles. The third-order valence-electron chi connectivity index (χ3n) is 4.24. The molecule has 26 heavy (non-hydrogen) atoms. The van der Waals surface area contributed by atoms with Gasteiger partial charge in [0.25, 0.3) is 5.78 Å². The fourth-order valence-electron chi connectivity index (χ4n) is 2.80. The molecule has 11 nitrogen and oxygen atoms in total. The molecule has 4 aromatic rings. The molecule has 4 rings (SSSR count). The van der Waals surface area contributed by atoms with E-state index in [0.29, 0.717) is 11.2 Å². The van der Waals surface area contributed by atoms with Crippen molar-refractivity contribution in [1.29, 1.82) is 0 Å². The van der Waals surface area contributed by atoms with E-state index in [1.54, 1.807) is 0 Å². The first-order chi connectivity index (χ1) is 12.5. The maximum Gasteiger partial charge on any atom is 0.274 e. The Bertz CT molecular complexity index is 1080. The molecule has 0 saturated heterocycles. The molecule has 1 aromatic carbocycles. The maximum atomic E-state index is 10.3. The quantitative estimate of drug-likeness (QED) is 0.241. The lowest BCUT2D eigenvalue weighted by atomic mass is 10.0. The smallest absolute Gasteiger partial charge is 0.274 e.